The number of carbonyl (C=O) groups is 3. The van der Waals surface area contributed by atoms with Crippen LogP contribution in [0.25, 0.3) is 0 Å². The van der Waals surface area contributed by atoms with E-state index in [0.29, 0.717) is 49.9 Å². The van der Waals surface area contributed by atoms with Crippen LogP contribution in [0.1, 0.15) is 26.0 Å². The van der Waals surface area contributed by atoms with Crippen LogP contribution >= 0.6 is 11.8 Å². The van der Waals surface area contributed by atoms with E-state index in [0.717, 1.165) is 10.6 Å². The number of β-lactam (4-membered cyclic amide) rings is 1. The second-order valence-corrected chi connectivity index (χ2v) is 19.3. The van der Waals surface area contributed by atoms with Gasteiger partial charge < -0.3 is 28.4 Å². The van der Waals surface area contributed by atoms with Gasteiger partial charge in [0.15, 0.2) is 19.8 Å². The standard InChI is InChI=1S/C35H50N4O7SSi/c1-11-14-43-27-17-24(36-19-28(27)44-15-12-2)20-38-21-25(18-26(38)33(40)37(6)7)47-32-22(4)30-29(23(5)46-48(8,9)10)34(41)39(30)31(32)35(42)45-16-13-3/h11-13,17,19,22-23,25-26,29-30H,1-3,14-16,18,20-21H2,4-10H3/t22-,23-,25+,26+,29-,30-/m1/s1. The van der Waals surface area contributed by atoms with Gasteiger partial charge in [-0.15, -0.1) is 11.8 Å². The molecule has 2 amide bonds. The summed E-state index contributed by atoms with van der Waals surface area (Å²) in [5, 5.41) is -0.0341. The highest BCUT2D eigenvalue weighted by molar-refractivity contribution is 8.03. The van der Waals surface area contributed by atoms with Crippen molar-refractivity contribution in [2.75, 3.05) is 40.5 Å². The van der Waals surface area contributed by atoms with Crippen molar-refractivity contribution in [1.82, 2.24) is 19.7 Å². The van der Waals surface area contributed by atoms with Gasteiger partial charge >= 0.3 is 5.97 Å². The first-order valence-electron chi connectivity index (χ1n) is 16.3. The molecule has 0 spiro atoms. The molecule has 0 aromatic carbocycles. The van der Waals surface area contributed by atoms with Crippen LogP contribution in [0.15, 0.2) is 60.8 Å². The number of fused-ring (bicyclic) bond motifs is 1. The third-order valence-corrected chi connectivity index (χ3v) is 11.1. The van der Waals surface area contributed by atoms with Gasteiger partial charge in [0.1, 0.15) is 25.5 Å². The lowest BCUT2D eigenvalue weighted by Gasteiger charge is -2.48. The summed E-state index contributed by atoms with van der Waals surface area (Å²) < 4.78 is 23.4. The van der Waals surface area contributed by atoms with E-state index in [-0.39, 0.29) is 47.7 Å². The van der Waals surface area contributed by atoms with Crippen LogP contribution < -0.4 is 9.47 Å². The van der Waals surface area contributed by atoms with Crippen molar-refractivity contribution in [3.63, 3.8) is 0 Å². The third kappa shape index (κ3) is 8.24. The van der Waals surface area contributed by atoms with Gasteiger partial charge in [-0.2, -0.15) is 0 Å². The molecule has 4 heterocycles. The zero-order chi connectivity index (χ0) is 35.3. The summed E-state index contributed by atoms with van der Waals surface area (Å²) in [5.41, 5.74) is 1.02. The molecule has 4 rings (SSSR count). The lowest BCUT2D eigenvalue weighted by Crippen LogP contribution is -2.64. The van der Waals surface area contributed by atoms with Crippen molar-refractivity contribution in [3.8, 4) is 11.5 Å². The number of likely N-dealkylation sites (tertiary alicyclic amines) is 1. The van der Waals surface area contributed by atoms with Gasteiger partial charge in [-0.05, 0) is 33.0 Å². The zero-order valence-corrected chi connectivity index (χ0v) is 31.1. The third-order valence-electron chi connectivity index (χ3n) is 8.51. The van der Waals surface area contributed by atoms with E-state index in [1.165, 1.54) is 6.08 Å². The number of hydrogen-bond acceptors (Lipinski definition) is 10. The van der Waals surface area contributed by atoms with Crippen LogP contribution in [0.2, 0.25) is 19.6 Å². The van der Waals surface area contributed by atoms with Crippen molar-refractivity contribution < 1.29 is 33.0 Å². The van der Waals surface area contributed by atoms with Gasteiger partial charge in [-0.25, -0.2) is 4.79 Å². The number of carbonyl (C=O) groups excluding carboxylic acids is 3. The van der Waals surface area contributed by atoms with Gasteiger partial charge in [0.2, 0.25) is 11.8 Å². The van der Waals surface area contributed by atoms with Crippen LogP contribution in [0.3, 0.4) is 0 Å². The van der Waals surface area contributed by atoms with Crippen molar-refractivity contribution >= 4 is 37.9 Å². The Morgan fingerprint density at radius 1 is 1.10 bits per heavy atom. The maximum Gasteiger partial charge on any atom is 0.356 e. The highest BCUT2D eigenvalue weighted by atomic mass is 32.2. The summed E-state index contributed by atoms with van der Waals surface area (Å²) in [6.07, 6.45) is 6.73. The van der Waals surface area contributed by atoms with Crippen molar-refractivity contribution in [3.05, 3.63) is 66.5 Å². The van der Waals surface area contributed by atoms with Gasteiger partial charge in [0, 0.05) is 49.3 Å². The zero-order valence-electron chi connectivity index (χ0n) is 29.3. The fourth-order valence-electron chi connectivity index (χ4n) is 6.62. The monoisotopic (exact) mass is 698 g/mol. The number of pyridine rings is 1. The molecule has 0 radical (unpaired) electrons. The number of aromatic nitrogens is 1. The Morgan fingerprint density at radius 2 is 1.75 bits per heavy atom. The predicted molar refractivity (Wildman–Crippen MR) is 190 cm³/mol. The molecule has 0 aliphatic carbocycles. The van der Waals surface area contributed by atoms with E-state index in [1.807, 2.05) is 13.0 Å². The number of amides is 2. The topological polar surface area (TPSA) is 111 Å². The Balaban J connectivity index is 1.61. The second-order valence-electron chi connectivity index (χ2n) is 13.5. The molecular formula is C35H50N4O7SSi. The first-order valence-corrected chi connectivity index (χ1v) is 20.6. The number of ether oxygens (including phenoxy) is 3. The number of likely N-dealkylation sites (N-methyl/N-ethyl adjacent to an activating group) is 1. The molecule has 11 nitrogen and oxygen atoms in total. The molecule has 1 aromatic heterocycles. The Morgan fingerprint density at radius 3 is 2.35 bits per heavy atom. The number of nitrogens with zero attached hydrogens (tertiary/aromatic N) is 4. The largest absolute Gasteiger partial charge is 0.486 e. The minimum atomic E-state index is -1.91. The number of esters is 1. The lowest BCUT2D eigenvalue weighted by atomic mass is 9.79. The highest BCUT2D eigenvalue weighted by Crippen LogP contribution is 2.53. The Bertz CT molecular complexity index is 1440. The van der Waals surface area contributed by atoms with Gasteiger partial charge in [0.05, 0.1) is 36.0 Å². The quantitative estimate of drug-likeness (QED) is 0.0989. The number of rotatable bonds is 17. The smallest absolute Gasteiger partial charge is 0.356 e. The van der Waals surface area contributed by atoms with E-state index < -0.39 is 20.3 Å². The second kappa shape index (κ2) is 15.9. The summed E-state index contributed by atoms with van der Waals surface area (Å²) in [7, 11) is 1.59. The molecule has 1 aromatic rings. The SMILES string of the molecule is C=CCOC(=O)C1=C(S[C@H]2C[C@@H](C(=O)N(C)C)N(Cc3cc(OCC=C)c(OCC=C)cn3)C2)[C@H](C)[C@@H]2[C@@H]([C@@H](C)O[Si](C)(C)C)C(=O)N12. The van der Waals surface area contributed by atoms with Crippen LogP contribution in [0.5, 0.6) is 11.5 Å². The van der Waals surface area contributed by atoms with E-state index in [2.05, 4.69) is 56.2 Å². The van der Waals surface area contributed by atoms with Crippen molar-refractivity contribution in [1.29, 1.82) is 0 Å². The lowest BCUT2D eigenvalue weighted by molar-refractivity contribution is -0.163. The molecule has 2 saturated heterocycles. The van der Waals surface area contributed by atoms with Gasteiger partial charge in [-0.3, -0.25) is 19.5 Å². The molecule has 13 heteroatoms. The molecule has 3 aliphatic rings. The molecule has 3 aliphatic heterocycles. The number of hydrogen-bond donors (Lipinski definition) is 0. The van der Waals surface area contributed by atoms with Crippen LogP contribution in [-0.2, 0) is 30.1 Å². The summed E-state index contributed by atoms with van der Waals surface area (Å²) in [5.74, 6) is -0.0955. The maximum atomic E-state index is 13.6. The van der Waals surface area contributed by atoms with E-state index in [9.17, 15) is 14.4 Å². The van der Waals surface area contributed by atoms with Crippen molar-refractivity contribution in [2.24, 2.45) is 11.8 Å². The van der Waals surface area contributed by atoms with E-state index in [1.54, 1.807) is 54.0 Å². The molecule has 0 saturated carbocycles. The van der Waals surface area contributed by atoms with Crippen LogP contribution in [-0.4, -0.2) is 110 Å². The van der Waals surface area contributed by atoms with Crippen molar-refractivity contribution in [2.45, 2.75) is 69.9 Å². The Kier molecular flexibility index (Phi) is 12.4. The molecule has 0 N–H and O–H groups in total. The minimum Gasteiger partial charge on any atom is -0.486 e. The average Bonchev–Trinajstić information content (AvgIpc) is 3.52. The summed E-state index contributed by atoms with van der Waals surface area (Å²) in [6, 6.07) is 1.22. The summed E-state index contributed by atoms with van der Waals surface area (Å²) >= 11 is 1.57. The highest BCUT2D eigenvalue weighted by Gasteiger charge is 2.61. The molecular weight excluding hydrogens is 649 g/mol. The fraction of sp³-hybridized carbons (Fsp3) is 0.543. The summed E-state index contributed by atoms with van der Waals surface area (Å²) in [4.78, 5) is 51.4. The Labute approximate surface area is 290 Å². The van der Waals surface area contributed by atoms with E-state index in [4.69, 9.17) is 18.6 Å². The minimum absolute atomic E-state index is 0.0115. The predicted octanol–water partition coefficient (Wildman–Crippen LogP) is 4.63. The Hall–Kier alpha value is -3.39. The molecule has 0 unspecified atom stereocenters. The molecule has 2 fully saturated rings. The van der Waals surface area contributed by atoms with Gasteiger partial charge in [0.25, 0.3) is 0 Å². The molecule has 6 atom stereocenters. The van der Waals surface area contributed by atoms with E-state index >= 15 is 0 Å². The summed E-state index contributed by atoms with van der Waals surface area (Å²) in [6.45, 7) is 23.1. The normalized spacial score (nSPS) is 24.4. The fourth-order valence-corrected chi connectivity index (χ4v) is 9.44. The average molecular weight is 699 g/mol. The molecule has 0 bridgehead atoms. The van der Waals surface area contributed by atoms with Crippen LogP contribution in [0, 0.1) is 11.8 Å². The number of thioether (sulfide) groups is 1. The first-order chi connectivity index (χ1) is 22.7. The van der Waals surface area contributed by atoms with Gasteiger partial charge in [-0.1, -0.05) is 44.9 Å². The van der Waals surface area contributed by atoms with Crippen LogP contribution in [0.4, 0.5) is 0 Å². The molecule has 48 heavy (non-hydrogen) atoms. The maximum absolute atomic E-state index is 13.6. The molecule has 262 valence electrons. The first kappa shape index (κ1) is 37.4.